The van der Waals surface area contributed by atoms with E-state index in [2.05, 4.69) is 0 Å². The molecule has 0 spiro atoms. The van der Waals surface area contributed by atoms with Crippen molar-refractivity contribution >= 4 is 23.9 Å². The van der Waals surface area contributed by atoms with Gasteiger partial charge in [-0.1, -0.05) is 11.1 Å². The first-order valence-corrected chi connectivity index (χ1v) is 12.9. The molecule has 12 heteroatoms. The Hall–Kier alpha value is -2.80. The van der Waals surface area contributed by atoms with Crippen molar-refractivity contribution in [2.45, 2.75) is 70.2 Å². The molecule has 208 valence electrons. The van der Waals surface area contributed by atoms with E-state index in [9.17, 15) is 34.5 Å². The van der Waals surface area contributed by atoms with Crippen molar-refractivity contribution in [2.24, 2.45) is 23.7 Å². The second kappa shape index (κ2) is 10.4. The molecule has 9 atom stereocenters. The van der Waals surface area contributed by atoms with Crippen LogP contribution in [-0.2, 0) is 42.9 Å². The molecule has 3 aliphatic heterocycles. The third-order valence-electron chi connectivity index (χ3n) is 8.45. The van der Waals surface area contributed by atoms with Gasteiger partial charge < -0.3 is 39.0 Å². The van der Waals surface area contributed by atoms with E-state index in [1.165, 1.54) is 0 Å². The van der Waals surface area contributed by atoms with Crippen LogP contribution in [0.2, 0.25) is 0 Å². The summed E-state index contributed by atoms with van der Waals surface area (Å²) in [4.78, 5) is 50.6. The highest BCUT2D eigenvalue weighted by Gasteiger charge is 2.52. The van der Waals surface area contributed by atoms with Crippen LogP contribution in [-0.4, -0.2) is 89.7 Å². The Morgan fingerprint density at radius 3 is 1.79 bits per heavy atom. The molecule has 38 heavy (non-hydrogen) atoms. The van der Waals surface area contributed by atoms with Crippen LogP contribution in [0.4, 0.5) is 0 Å². The number of hydrogen-bond acceptors (Lipinski definition) is 12. The van der Waals surface area contributed by atoms with Crippen molar-refractivity contribution in [1.29, 1.82) is 0 Å². The molecule has 0 aromatic heterocycles. The summed E-state index contributed by atoms with van der Waals surface area (Å²) in [5.74, 6) is -4.91. The predicted molar refractivity (Wildman–Crippen MR) is 123 cm³/mol. The van der Waals surface area contributed by atoms with Crippen LogP contribution in [0, 0.1) is 23.7 Å². The quantitative estimate of drug-likeness (QED) is 0.309. The van der Waals surface area contributed by atoms with Gasteiger partial charge in [0.05, 0.1) is 18.4 Å². The first-order chi connectivity index (χ1) is 18.1. The van der Waals surface area contributed by atoms with Gasteiger partial charge in [-0.15, -0.1) is 0 Å². The van der Waals surface area contributed by atoms with Crippen LogP contribution in [0.15, 0.2) is 22.3 Å². The highest BCUT2D eigenvalue weighted by molar-refractivity contribution is 5.94. The van der Waals surface area contributed by atoms with E-state index in [1.54, 1.807) is 6.92 Å². The molecule has 0 aromatic carbocycles. The maximum atomic E-state index is 13.2. The van der Waals surface area contributed by atoms with Gasteiger partial charge in [0.1, 0.15) is 25.4 Å². The third kappa shape index (κ3) is 4.53. The minimum Gasteiger partial charge on any atom is -0.461 e. The number of carbonyl (C=O) groups is 4. The molecule has 0 bridgehead atoms. The van der Waals surface area contributed by atoms with Gasteiger partial charge in [0.25, 0.3) is 0 Å². The fourth-order valence-corrected chi connectivity index (χ4v) is 6.35. The Morgan fingerprint density at radius 2 is 1.32 bits per heavy atom. The maximum absolute atomic E-state index is 13.2. The minimum absolute atomic E-state index is 0.190. The summed E-state index contributed by atoms with van der Waals surface area (Å²) >= 11 is 0. The summed E-state index contributed by atoms with van der Waals surface area (Å²) in [6.45, 7) is 2.52. The lowest BCUT2D eigenvalue weighted by molar-refractivity contribution is -0.295. The minimum atomic E-state index is -1.81. The molecule has 9 unspecified atom stereocenters. The van der Waals surface area contributed by atoms with E-state index < -0.39 is 78.9 Å². The molecule has 0 saturated carbocycles. The lowest BCUT2D eigenvalue weighted by Gasteiger charge is -2.42. The SMILES string of the molecule is CC1=C2C(=O)OCC(C(=O)OC3C(O)OC(CO)C(OC(=O)C4COC(=O)C5=C(C)CCC54)C3O)C2CC1. The second-order valence-electron chi connectivity index (χ2n) is 10.6. The molecule has 5 aliphatic rings. The zero-order valence-electron chi connectivity index (χ0n) is 21.2. The number of rotatable bonds is 5. The van der Waals surface area contributed by atoms with Gasteiger partial charge in [-0.05, 0) is 39.5 Å². The van der Waals surface area contributed by atoms with Crippen molar-refractivity contribution in [3.8, 4) is 0 Å². The smallest absolute Gasteiger partial charge is 0.334 e. The number of carbonyl (C=O) groups excluding carboxylic acids is 4. The van der Waals surface area contributed by atoms with Crippen LogP contribution in [0.25, 0.3) is 0 Å². The third-order valence-corrected chi connectivity index (χ3v) is 8.45. The zero-order chi connectivity index (χ0) is 27.3. The summed E-state index contributed by atoms with van der Waals surface area (Å²) in [5.41, 5.74) is 2.62. The van der Waals surface area contributed by atoms with E-state index in [0.717, 1.165) is 11.1 Å². The molecular weight excluding hydrogens is 504 g/mol. The molecule has 0 amide bonds. The van der Waals surface area contributed by atoms with Crippen molar-refractivity contribution in [3.63, 3.8) is 0 Å². The Balaban J connectivity index is 1.29. The summed E-state index contributed by atoms with van der Waals surface area (Å²) in [6, 6.07) is 0. The fraction of sp³-hybridized carbons (Fsp3) is 0.692. The first-order valence-electron chi connectivity index (χ1n) is 12.9. The number of hydrogen-bond donors (Lipinski definition) is 3. The topological polar surface area (TPSA) is 175 Å². The predicted octanol–water partition coefficient (Wildman–Crippen LogP) is -0.321. The maximum Gasteiger partial charge on any atom is 0.334 e. The Bertz CT molecular complexity index is 1090. The summed E-state index contributed by atoms with van der Waals surface area (Å²) in [6.07, 6.45) is -5.53. The van der Waals surface area contributed by atoms with Gasteiger partial charge in [0.15, 0.2) is 18.5 Å². The molecule has 3 N–H and O–H groups in total. The van der Waals surface area contributed by atoms with E-state index in [4.69, 9.17) is 23.7 Å². The first kappa shape index (κ1) is 26.8. The van der Waals surface area contributed by atoms with Gasteiger partial charge in [-0.3, -0.25) is 9.59 Å². The number of allylic oxidation sites excluding steroid dienone is 2. The van der Waals surface area contributed by atoms with Crippen molar-refractivity contribution in [1.82, 2.24) is 0 Å². The van der Waals surface area contributed by atoms with Crippen molar-refractivity contribution in [3.05, 3.63) is 22.3 Å². The van der Waals surface area contributed by atoms with Crippen molar-refractivity contribution < 1.29 is 58.2 Å². The monoisotopic (exact) mass is 536 g/mol. The Labute approximate surface area is 218 Å². The number of esters is 4. The summed E-state index contributed by atoms with van der Waals surface area (Å²) in [5, 5.41) is 31.3. The average molecular weight is 537 g/mol. The number of cyclic esters (lactones) is 2. The van der Waals surface area contributed by atoms with Gasteiger partial charge in [0.2, 0.25) is 0 Å². The van der Waals surface area contributed by atoms with Crippen LogP contribution in [0.5, 0.6) is 0 Å². The lowest BCUT2D eigenvalue weighted by Crippen LogP contribution is -2.62. The van der Waals surface area contributed by atoms with Crippen molar-refractivity contribution in [2.75, 3.05) is 19.8 Å². The molecule has 0 radical (unpaired) electrons. The number of fused-ring (bicyclic) bond motifs is 2. The Kier molecular flexibility index (Phi) is 7.33. The number of ether oxygens (including phenoxy) is 5. The van der Waals surface area contributed by atoms with E-state index in [1.807, 2.05) is 6.92 Å². The molecular formula is C26H32O12. The van der Waals surface area contributed by atoms with Gasteiger partial charge >= 0.3 is 23.9 Å². The van der Waals surface area contributed by atoms with Gasteiger partial charge in [-0.2, -0.15) is 0 Å². The fourth-order valence-electron chi connectivity index (χ4n) is 6.35. The second-order valence-corrected chi connectivity index (χ2v) is 10.6. The normalized spacial score (nSPS) is 38.8. The zero-order valence-corrected chi connectivity index (χ0v) is 21.2. The van der Waals surface area contributed by atoms with Gasteiger partial charge in [-0.25, -0.2) is 9.59 Å². The lowest BCUT2D eigenvalue weighted by atomic mass is 9.84. The van der Waals surface area contributed by atoms with Crippen LogP contribution < -0.4 is 0 Å². The number of aliphatic hydroxyl groups is 3. The largest absolute Gasteiger partial charge is 0.461 e. The summed E-state index contributed by atoms with van der Waals surface area (Å²) in [7, 11) is 0. The molecule has 5 rings (SSSR count). The van der Waals surface area contributed by atoms with E-state index >= 15 is 0 Å². The molecule has 0 aromatic rings. The average Bonchev–Trinajstić information content (AvgIpc) is 3.47. The number of aliphatic hydroxyl groups excluding tert-OH is 3. The van der Waals surface area contributed by atoms with Crippen LogP contribution in [0.3, 0.4) is 0 Å². The highest BCUT2D eigenvalue weighted by atomic mass is 16.7. The molecule has 3 saturated heterocycles. The summed E-state index contributed by atoms with van der Waals surface area (Å²) < 4.78 is 26.7. The molecule has 2 aliphatic carbocycles. The van der Waals surface area contributed by atoms with Gasteiger partial charge in [0, 0.05) is 23.0 Å². The Morgan fingerprint density at radius 1 is 0.842 bits per heavy atom. The van der Waals surface area contributed by atoms with Crippen LogP contribution in [0.1, 0.15) is 39.5 Å². The van der Waals surface area contributed by atoms with Crippen LogP contribution >= 0.6 is 0 Å². The molecule has 3 heterocycles. The van der Waals surface area contributed by atoms with E-state index in [-0.39, 0.29) is 19.1 Å². The van der Waals surface area contributed by atoms with E-state index in [0.29, 0.717) is 36.8 Å². The molecule has 12 nitrogen and oxygen atoms in total. The highest BCUT2D eigenvalue weighted by Crippen LogP contribution is 2.43. The standard InChI is InChI=1S/C26H32O12/c1-10-3-5-12-14(8-34-24(31)17(10)12)22(29)37-20-16(7-27)36-26(33)21(19(20)28)38-23(30)15-9-35-25(32)18-11(2)4-6-13(15)18/h12-16,19-21,26-28,33H,3-9H2,1-2H3. The molecule has 3 fully saturated rings.